The Morgan fingerprint density at radius 2 is 1.52 bits per heavy atom. The highest BCUT2D eigenvalue weighted by Crippen LogP contribution is 2.59. The Morgan fingerprint density at radius 3 is 2.20 bits per heavy atom. The van der Waals surface area contributed by atoms with Crippen LogP contribution in [0.25, 0.3) is 21.9 Å². The van der Waals surface area contributed by atoms with Crippen LogP contribution in [0, 0.1) is 23.2 Å². The average Bonchev–Trinajstić information content (AvgIpc) is 3.04. The van der Waals surface area contributed by atoms with Crippen molar-refractivity contribution < 1.29 is 9.90 Å². The van der Waals surface area contributed by atoms with E-state index in [0.717, 1.165) is 73.7 Å². The lowest BCUT2D eigenvalue weighted by Crippen LogP contribution is -2.51. The summed E-state index contributed by atoms with van der Waals surface area (Å²) in [7, 11) is 0. The van der Waals surface area contributed by atoms with E-state index < -0.39 is 0 Å². The van der Waals surface area contributed by atoms with E-state index in [1.54, 1.807) is 6.07 Å². The fourth-order valence-electron chi connectivity index (χ4n) is 9.43. The zero-order valence-corrected chi connectivity index (χ0v) is 25.4. The van der Waals surface area contributed by atoms with E-state index in [9.17, 15) is 9.90 Å². The number of fused-ring (bicyclic) bond motifs is 1. The second-order valence-electron chi connectivity index (χ2n) is 14.2. The van der Waals surface area contributed by atoms with E-state index >= 15 is 0 Å². The third kappa shape index (κ3) is 5.34. The van der Waals surface area contributed by atoms with Crippen LogP contribution in [-0.4, -0.2) is 53.6 Å². The molecule has 6 nitrogen and oxygen atoms in total. The summed E-state index contributed by atoms with van der Waals surface area (Å²) >= 11 is 0. The summed E-state index contributed by atoms with van der Waals surface area (Å²) in [6, 6.07) is 22.9. The molecule has 5 aliphatic rings. The number of nitrogens with one attached hydrogen (secondary N) is 1. The molecule has 4 saturated carbocycles. The molecule has 226 valence electrons. The fraction of sp³-hybridized carbons (Fsp3) is 0.421. The normalized spacial score (nSPS) is 26.3. The number of amides is 1. The van der Waals surface area contributed by atoms with Gasteiger partial charge >= 0.3 is 0 Å². The molecule has 0 radical (unpaired) electrons. The van der Waals surface area contributed by atoms with E-state index in [0.29, 0.717) is 5.41 Å². The summed E-state index contributed by atoms with van der Waals surface area (Å²) in [5, 5.41) is 15.7. The van der Waals surface area contributed by atoms with Gasteiger partial charge in [0, 0.05) is 62.3 Å². The van der Waals surface area contributed by atoms with Gasteiger partial charge in [0.1, 0.15) is 5.75 Å². The third-order valence-electron chi connectivity index (χ3n) is 11.1. The maximum Gasteiger partial charge on any atom is 0.251 e. The number of carbonyl (C=O) groups excluding carboxylic acids is 1. The van der Waals surface area contributed by atoms with Crippen LogP contribution >= 0.6 is 0 Å². The second-order valence-corrected chi connectivity index (χ2v) is 14.2. The van der Waals surface area contributed by atoms with Gasteiger partial charge in [-0.1, -0.05) is 36.4 Å². The minimum Gasteiger partial charge on any atom is -0.506 e. The number of anilines is 1. The summed E-state index contributed by atoms with van der Waals surface area (Å²) < 4.78 is 0. The van der Waals surface area contributed by atoms with E-state index in [2.05, 4.69) is 68.6 Å². The Kier molecular flexibility index (Phi) is 7.05. The SMILES string of the molecule is O=C(NCC12CC3CC(CC(C3)C1)C2)c1ccc(N2CCN(Cc3ccc(-c4cncc(O)c4)c4ccccc34)CC2)cc1. The summed E-state index contributed by atoms with van der Waals surface area (Å²) in [5.41, 5.74) is 5.65. The molecule has 4 aromatic rings. The van der Waals surface area contributed by atoms with Crippen LogP contribution in [0.15, 0.2) is 79.1 Å². The Hall–Kier alpha value is -3.90. The first kappa shape index (κ1) is 27.6. The van der Waals surface area contributed by atoms with Crippen LogP contribution in [0.5, 0.6) is 5.75 Å². The van der Waals surface area contributed by atoms with E-state index in [4.69, 9.17) is 0 Å². The standard InChI is InChI=1S/C38H42N4O2/c43-33-18-31(22-39-23-33)35-10-7-30(34-3-1-2-4-36(34)35)24-41-11-13-42(14-12-41)32-8-5-29(6-9-32)37(44)40-25-38-19-26-15-27(20-38)17-28(16-26)21-38/h1-10,18,22-23,26-28,43H,11-17,19-21,24-25H2,(H,40,44). The van der Waals surface area contributed by atoms with Gasteiger partial charge in [0.2, 0.25) is 0 Å². The molecule has 0 spiro atoms. The summed E-state index contributed by atoms with van der Waals surface area (Å²) in [6.07, 6.45) is 11.6. The summed E-state index contributed by atoms with van der Waals surface area (Å²) in [6.45, 7) is 5.64. The maximum atomic E-state index is 13.1. The number of carbonyl (C=O) groups is 1. The van der Waals surface area contributed by atoms with Crippen LogP contribution in [0.3, 0.4) is 0 Å². The van der Waals surface area contributed by atoms with E-state index in [1.807, 2.05) is 18.3 Å². The van der Waals surface area contributed by atoms with Crippen LogP contribution < -0.4 is 10.2 Å². The number of hydrogen-bond acceptors (Lipinski definition) is 5. The molecule has 44 heavy (non-hydrogen) atoms. The van der Waals surface area contributed by atoms with Crippen molar-refractivity contribution >= 4 is 22.4 Å². The fourth-order valence-corrected chi connectivity index (χ4v) is 9.43. The van der Waals surface area contributed by atoms with E-state index in [1.165, 1.54) is 66.7 Å². The van der Waals surface area contributed by atoms with Crippen molar-refractivity contribution in [3.05, 3.63) is 90.3 Å². The molecule has 2 N–H and O–H groups in total. The minimum atomic E-state index is 0.0793. The first-order valence-corrected chi connectivity index (χ1v) is 16.5. The number of rotatable bonds is 7. The highest BCUT2D eigenvalue weighted by molar-refractivity contribution is 5.98. The average molecular weight is 587 g/mol. The predicted molar refractivity (Wildman–Crippen MR) is 176 cm³/mol. The van der Waals surface area contributed by atoms with Gasteiger partial charge in [-0.3, -0.25) is 14.7 Å². The van der Waals surface area contributed by atoms with Crippen molar-refractivity contribution in [1.82, 2.24) is 15.2 Å². The van der Waals surface area contributed by atoms with Crippen LogP contribution in [0.4, 0.5) is 5.69 Å². The quantitative estimate of drug-likeness (QED) is 0.247. The number of nitrogens with zero attached hydrogens (tertiary/aromatic N) is 3. The van der Waals surface area contributed by atoms with Gasteiger partial charge in [-0.05, 0) is 114 Å². The van der Waals surface area contributed by atoms with Crippen molar-refractivity contribution in [2.75, 3.05) is 37.6 Å². The molecule has 4 aliphatic carbocycles. The number of aromatic hydroxyl groups is 1. The molecule has 1 saturated heterocycles. The summed E-state index contributed by atoms with van der Waals surface area (Å²) in [4.78, 5) is 22.3. The molecule has 5 fully saturated rings. The Balaban J connectivity index is 0.879. The molecular weight excluding hydrogens is 544 g/mol. The molecule has 9 rings (SSSR count). The van der Waals surface area contributed by atoms with Crippen molar-refractivity contribution in [3.63, 3.8) is 0 Å². The molecule has 0 atom stereocenters. The van der Waals surface area contributed by atoms with Gasteiger partial charge < -0.3 is 15.3 Å². The highest BCUT2D eigenvalue weighted by Gasteiger charge is 2.50. The Morgan fingerprint density at radius 1 is 0.841 bits per heavy atom. The molecular formula is C38H42N4O2. The molecule has 4 bridgehead atoms. The van der Waals surface area contributed by atoms with Crippen molar-refractivity contribution in [3.8, 4) is 16.9 Å². The molecule has 0 unspecified atom stereocenters. The smallest absolute Gasteiger partial charge is 0.251 e. The van der Waals surface area contributed by atoms with Crippen LogP contribution in [0.1, 0.15) is 54.4 Å². The van der Waals surface area contributed by atoms with Crippen molar-refractivity contribution in [1.29, 1.82) is 0 Å². The topological polar surface area (TPSA) is 68.7 Å². The summed E-state index contributed by atoms with van der Waals surface area (Å²) in [5.74, 6) is 2.99. The van der Waals surface area contributed by atoms with Crippen molar-refractivity contribution in [2.45, 2.75) is 45.1 Å². The predicted octanol–water partition coefficient (Wildman–Crippen LogP) is 6.88. The maximum absolute atomic E-state index is 13.1. The molecule has 1 amide bonds. The Labute approximate surface area is 260 Å². The lowest BCUT2D eigenvalue weighted by atomic mass is 9.49. The highest BCUT2D eigenvalue weighted by atomic mass is 16.3. The van der Waals surface area contributed by atoms with Gasteiger partial charge in [0.05, 0.1) is 6.20 Å². The molecule has 2 heterocycles. The van der Waals surface area contributed by atoms with Gasteiger partial charge in [-0.15, -0.1) is 0 Å². The largest absolute Gasteiger partial charge is 0.506 e. The third-order valence-corrected chi connectivity index (χ3v) is 11.1. The minimum absolute atomic E-state index is 0.0793. The Bertz CT molecular complexity index is 1640. The first-order chi connectivity index (χ1) is 21.5. The van der Waals surface area contributed by atoms with Gasteiger partial charge in [0.15, 0.2) is 0 Å². The zero-order valence-electron chi connectivity index (χ0n) is 25.4. The van der Waals surface area contributed by atoms with Gasteiger partial charge in [0.25, 0.3) is 5.91 Å². The van der Waals surface area contributed by atoms with Crippen LogP contribution in [-0.2, 0) is 6.54 Å². The number of benzene rings is 3. The molecule has 1 aromatic heterocycles. The molecule has 1 aliphatic heterocycles. The first-order valence-electron chi connectivity index (χ1n) is 16.5. The van der Waals surface area contributed by atoms with Gasteiger partial charge in [-0.2, -0.15) is 0 Å². The lowest BCUT2D eigenvalue weighted by molar-refractivity contribution is -0.0503. The van der Waals surface area contributed by atoms with Gasteiger partial charge in [-0.25, -0.2) is 0 Å². The molecule has 3 aromatic carbocycles. The van der Waals surface area contributed by atoms with Crippen molar-refractivity contribution in [2.24, 2.45) is 23.2 Å². The van der Waals surface area contributed by atoms with E-state index in [-0.39, 0.29) is 11.7 Å². The number of aromatic nitrogens is 1. The number of pyridine rings is 1. The monoisotopic (exact) mass is 586 g/mol. The second kappa shape index (κ2) is 11.2. The number of hydrogen-bond donors (Lipinski definition) is 2. The molecule has 6 heteroatoms. The lowest BCUT2D eigenvalue weighted by Gasteiger charge is -2.56. The zero-order chi connectivity index (χ0) is 29.7. The van der Waals surface area contributed by atoms with Crippen LogP contribution in [0.2, 0.25) is 0 Å². The number of piperazine rings is 1.